The topological polar surface area (TPSA) is 29.3 Å². The Kier molecular flexibility index (Phi) is 4.74. The van der Waals surface area contributed by atoms with E-state index in [1.807, 2.05) is 0 Å². The van der Waals surface area contributed by atoms with E-state index in [0.29, 0.717) is 6.04 Å². The lowest BCUT2D eigenvalue weighted by Gasteiger charge is -2.31. The van der Waals surface area contributed by atoms with Gasteiger partial charge in [0.25, 0.3) is 0 Å². The number of nitrogens with zero attached hydrogens (tertiary/aromatic N) is 1. The van der Waals surface area contributed by atoms with Gasteiger partial charge in [-0.2, -0.15) is 0 Å². The van der Waals surface area contributed by atoms with Crippen molar-refractivity contribution in [3.63, 3.8) is 0 Å². The van der Waals surface area contributed by atoms with E-state index in [2.05, 4.69) is 18.7 Å². The summed E-state index contributed by atoms with van der Waals surface area (Å²) in [5.41, 5.74) is 5.77. The minimum absolute atomic E-state index is 0.677. The zero-order valence-electron chi connectivity index (χ0n) is 9.13. The molecule has 2 N–H and O–H groups in total. The molecule has 0 amide bonds. The molecule has 1 aliphatic rings. The fourth-order valence-corrected chi connectivity index (χ4v) is 2.53. The van der Waals surface area contributed by atoms with Crippen molar-refractivity contribution in [2.45, 2.75) is 58.0 Å². The summed E-state index contributed by atoms with van der Waals surface area (Å²) in [4.78, 5) is 2.64. The Balaban J connectivity index is 2.46. The van der Waals surface area contributed by atoms with Gasteiger partial charge in [0.1, 0.15) is 0 Å². The van der Waals surface area contributed by atoms with Crippen molar-refractivity contribution in [2.24, 2.45) is 5.73 Å². The second kappa shape index (κ2) is 5.61. The van der Waals surface area contributed by atoms with Crippen LogP contribution in [0.5, 0.6) is 0 Å². The third-order valence-electron chi connectivity index (χ3n) is 3.26. The largest absolute Gasteiger partial charge is 0.329 e. The van der Waals surface area contributed by atoms with Crippen LogP contribution in [0.2, 0.25) is 0 Å². The summed E-state index contributed by atoms with van der Waals surface area (Å²) < 4.78 is 0. The van der Waals surface area contributed by atoms with Gasteiger partial charge < -0.3 is 5.73 Å². The molecule has 1 saturated heterocycles. The lowest BCUT2D eigenvalue weighted by atomic mass is 10.1. The number of hydrogen-bond donors (Lipinski definition) is 1. The summed E-state index contributed by atoms with van der Waals surface area (Å²) >= 11 is 0. The Hall–Kier alpha value is -0.0800. The maximum absolute atomic E-state index is 5.77. The van der Waals surface area contributed by atoms with Crippen LogP contribution in [-0.4, -0.2) is 30.1 Å². The first kappa shape index (κ1) is 11.0. The second-order valence-corrected chi connectivity index (χ2v) is 4.12. The quantitative estimate of drug-likeness (QED) is 0.708. The highest BCUT2D eigenvalue weighted by molar-refractivity contribution is 4.84. The van der Waals surface area contributed by atoms with Crippen LogP contribution in [0.1, 0.15) is 46.0 Å². The fourth-order valence-electron chi connectivity index (χ4n) is 2.53. The van der Waals surface area contributed by atoms with Gasteiger partial charge in [0.05, 0.1) is 0 Å². The first-order valence-corrected chi connectivity index (χ1v) is 5.79. The van der Waals surface area contributed by atoms with Gasteiger partial charge in [0.2, 0.25) is 0 Å². The van der Waals surface area contributed by atoms with Gasteiger partial charge in [-0.1, -0.05) is 20.3 Å². The van der Waals surface area contributed by atoms with Gasteiger partial charge in [-0.3, -0.25) is 4.90 Å². The van der Waals surface area contributed by atoms with Crippen molar-refractivity contribution in [1.29, 1.82) is 0 Å². The first-order valence-electron chi connectivity index (χ1n) is 5.79. The standard InChI is InChI=1S/C11H24N2/c1-3-6-10(4-2)13-8-5-7-11(13)9-12/h10-11H,3-9,12H2,1-2H3. The summed E-state index contributed by atoms with van der Waals surface area (Å²) in [6, 6.07) is 1.47. The Morgan fingerprint density at radius 1 is 1.46 bits per heavy atom. The van der Waals surface area contributed by atoms with Gasteiger partial charge >= 0.3 is 0 Å². The van der Waals surface area contributed by atoms with Crippen LogP contribution in [0.15, 0.2) is 0 Å². The molecule has 0 aromatic heterocycles. The highest BCUT2D eigenvalue weighted by atomic mass is 15.2. The number of hydrogen-bond acceptors (Lipinski definition) is 2. The van der Waals surface area contributed by atoms with Crippen LogP contribution in [-0.2, 0) is 0 Å². The first-order chi connectivity index (χ1) is 6.33. The fraction of sp³-hybridized carbons (Fsp3) is 1.00. The van der Waals surface area contributed by atoms with Crippen LogP contribution < -0.4 is 5.73 Å². The monoisotopic (exact) mass is 184 g/mol. The maximum Gasteiger partial charge on any atom is 0.0221 e. The Labute approximate surface area is 82.5 Å². The molecule has 0 saturated carbocycles. The van der Waals surface area contributed by atoms with E-state index in [-0.39, 0.29) is 0 Å². The third-order valence-corrected chi connectivity index (χ3v) is 3.26. The van der Waals surface area contributed by atoms with E-state index in [1.54, 1.807) is 0 Å². The summed E-state index contributed by atoms with van der Waals surface area (Å²) in [5, 5.41) is 0. The van der Waals surface area contributed by atoms with Crippen molar-refractivity contribution in [3.05, 3.63) is 0 Å². The molecule has 0 spiro atoms. The van der Waals surface area contributed by atoms with E-state index >= 15 is 0 Å². The molecule has 0 aromatic rings. The van der Waals surface area contributed by atoms with Crippen molar-refractivity contribution in [1.82, 2.24) is 4.90 Å². The smallest absolute Gasteiger partial charge is 0.0221 e. The molecular formula is C11H24N2. The molecule has 2 heteroatoms. The SMILES string of the molecule is CCCC(CC)N1CCCC1CN. The molecule has 1 rings (SSSR count). The lowest BCUT2D eigenvalue weighted by Crippen LogP contribution is -2.42. The second-order valence-electron chi connectivity index (χ2n) is 4.12. The molecule has 0 bridgehead atoms. The van der Waals surface area contributed by atoms with Gasteiger partial charge in [0, 0.05) is 18.6 Å². The Morgan fingerprint density at radius 3 is 2.77 bits per heavy atom. The summed E-state index contributed by atoms with van der Waals surface area (Å²) in [6.07, 6.45) is 6.59. The minimum atomic E-state index is 0.677. The van der Waals surface area contributed by atoms with Crippen LogP contribution in [0.3, 0.4) is 0 Å². The van der Waals surface area contributed by atoms with Crippen molar-refractivity contribution in [2.75, 3.05) is 13.1 Å². The number of likely N-dealkylation sites (tertiary alicyclic amines) is 1. The van der Waals surface area contributed by atoms with Crippen molar-refractivity contribution in [3.8, 4) is 0 Å². The molecule has 0 aromatic carbocycles. The molecule has 2 nitrogen and oxygen atoms in total. The van der Waals surface area contributed by atoms with Crippen molar-refractivity contribution < 1.29 is 0 Å². The van der Waals surface area contributed by atoms with Crippen molar-refractivity contribution >= 4 is 0 Å². The van der Waals surface area contributed by atoms with Crippen LogP contribution in [0.25, 0.3) is 0 Å². The predicted octanol–water partition coefficient (Wildman–Crippen LogP) is 1.99. The molecule has 13 heavy (non-hydrogen) atoms. The number of nitrogens with two attached hydrogens (primary N) is 1. The Bertz CT molecular complexity index is 136. The summed E-state index contributed by atoms with van der Waals surface area (Å²) in [5.74, 6) is 0. The highest BCUT2D eigenvalue weighted by Gasteiger charge is 2.27. The molecule has 2 unspecified atom stereocenters. The van der Waals surface area contributed by atoms with Gasteiger partial charge in [-0.25, -0.2) is 0 Å². The Morgan fingerprint density at radius 2 is 2.23 bits per heavy atom. The summed E-state index contributed by atoms with van der Waals surface area (Å²) in [7, 11) is 0. The minimum Gasteiger partial charge on any atom is -0.329 e. The zero-order chi connectivity index (χ0) is 9.68. The average Bonchev–Trinajstić information content (AvgIpc) is 2.61. The maximum atomic E-state index is 5.77. The predicted molar refractivity (Wildman–Crippen MR) is 57.8 cm³/mol. The van der Waals surface area contributed by atoms with E-state index in [1.165, 1.54) is 38.6 Å². The lowest BCUT2D eigenvalue weighted by molar-refractivity contribution is 0.168. The molecule has 2 atom stereocenters. The van der Waals surface area contributed by atoms with E-state index < -0.39 is 0 Å². The average molecular weight is 184 g/mol. The molecule has 1 fully saturated rings. The van der Waals surface area contributed by atoms with Gasteiger partial charge in [-0.05, 0) is 32.2 Å². The molecular weight excluding hydrogens is 160 g/mol. The number of rotatable bonds is 5. The van der Waals surface area contributed by atoms with Gasteiger partial charge in [-0.15, -0.1) is 0 Å². The van der Waals surface area contributed by atoms with Gasteiger partial charge in [0.15, 0.2) is 0 Å². The molecule has 1 aliphatic heterocycles. The zero-order valence-corrected chi connectivity index (χ0v) is 9.13. The van der Waals surface area contributed by atoms with Crippen LogP contribution in [0.4, 0.5) is 0 Å². The highest BCUT2D eigenvalue weighted by Crippen LogP contribution is 2.23. The van der Waals surface area contributed by atoms with E-state index in [0.717, 1.165) is 12.6 Å². The van der Waals surface area contributed by atoms with E-state index in [9.17, 15) is 0 Å². The van der Waals surface area contributed by atoms with E-state index in [4.69, 9.17) is 5.73 Å². The van der Waals surface area contributed by atoms with Crippen LogP contribution in [0, 0.1) is 0 Å². The molecule has 78 valence electrons. The summed E-state index contributed by atoms with van der Waals surface area (Å²) in [6.45, 7) is 6.70. The third kappa shape index (κ3) is 2.68. The molecule has 1 heterocycles. The van der Waals surface area contributed by atoms with Crippen LogP contribution >= 0.6 is 0 Å². The molecule has 0 radical (unpaired) electrons. The normalized spacial score (nSPS) is 26.5. The molecule has 0 aliphatic carbocycles.